The van der Waals surface area contributed by atoms with Gasteiger partial charge in [0.05, 0.1) is 5.41 Å². The SMILES string of the molecule is C=NOC(=C(C)C)C(C)(C)/C(N)=C/CNC. The molecule has 0 bridgehead atoms. The monoisotopic (exact) mass is 225 g/mol. The third kappa shape index (κ3) is 3.70. The Morgan fingerprint density at radius 2 is 2.06 bits per heavy atom. The molecule has 0 aliphatic heterocycles. The standard InChI is InChI=1S/C12H23N3O/c1-9(2)11(16-15-6)12(3,4)10(13)7-8-14-5/h7,14H,6,8,13H2,1-5H3/b10-7-. The molecule has 0 unspecified atom stereocenters. The van der Waals surface area contributed by atoms with Crippen molar-refractivity contribution >= 4 is 6.72 Å². The number of nitrogens with two attached hydrogens (primary N) is 1. The third-order valence-corrected chi connectivity index (χ3v) is 2.43. The zero-order valence-corrected chi connectivity index (χ0v) is 10.9. The minimum absolute atomic E-state index is 0.378. The van der Waals surface area contributed by atoms with Crippen LogP contribution in [0.25, 0.3) is 0 Å². The maximum atomic E-state index is 6.05. The molecule has 0 aromatic heterocycles. The molecular formula is C12H23N3O. The average Bonchev–Trinajstić information content (AvgIpc) is 2.21. The van der Waals surface area contributed by atoms with Crippen molar-refractivity contribution in [3.8, 4) is 0 Å². The van der Waals surface area contributed by atoms with E-state index >= 15 is 0 Å². The number of nitrogens with one attached hydrogen (secondary N) is 1. The first-order valence-corrected chi connectivity index (χ1v) is 5.29. The van der Waals surface area contributed by atoms with Crippen molar-refractivity contribution < 1.29 is 4.84 Å². The number of allylic oxidation sites excluding steroid dienone is 1. The molecule has 0 atom stereocenters. The fraction of sp³-hybridized carbons (Fsp3) is 0.583. The first kappa shape index (κ1) is 14.7. The van der Waals surface area contributed by atoms with Crippen LogP contribution in [0.5, 0.6) is 0 Å². The first-order chi connectivity index (χ1) is 7.37. The van der Waals surface area contributed by atoms with Gasteiger partial charge in [0.1, 0.15) is 5.76 Å². The molecule has 0 rings (SSSR count). The lowest BCUT2D eigenvalue weighted by Crippen LogP contribution is -2.26. The summed E-state index contributed by atoms with van der Waals surface area (Å²) in [5.74, 6) is 0.743. The van der Waals surface area contributed by atoms with Crippen LogP contribution < -0.4 is 11.1 Å². The Kier molecular flexibility index (Phi) is 5.82. The lowest BCUT2D eigenvalue weighted by Gasteiger charge is -2.27. The minimum Gasteiger partial charge on any atom is -0.401 e. The van der Waals surface area contributed by atoms with E-state index in [4.69, 9.17) is 10.6 Å². The highest BCUT2D eigenvalue weighted by Gasteiger charge is 2.29. The van der Waals surface area contributed by atoms with Crippen LogP contribution in [0, 0.1) is 5.41 Å². The van der Waals surface area contributed by atoms with E-state index in [2.05, 4.69) is 17.2 Å². The molecule has 0 aliphatic carbocycles. The molecule has 0 aromatic carbocycles. The fourth-order valence-corrected chi connectivity index (χ4v) is 1.49. The molecule has 0 radical (unpaired) electrons. The van der Waals surface area contributed by atoms with Gasteiger partial charge in [-0.1, -0.05) is 11.2 Å². The van der Waals surface area contributed by atoms with Crippen LogP contribution in [-0.2, 0) is 4.84 Å². The van der Waals surface area contributed by atoms with Gasteiger partial charge in [-0.3, -0.25) is 0 Å². The van der Waals surface area contributed by atoms with Crippen LogP contribution >= 0.6 is 0 Å². The van der Waals surface area contributed by atoms with Gasteiger partial charge in [-0.15, -0.1) is 0 Å². The molecule has 0 saturated heterocycles. The van der Waals surface area contributed by atoms with Gasteiger partial charge in [0.25, 0.3) is 0 Å². The summed E-state index contributed by atoms with van der Waals surface area (Å²) in [7, 11) is 1.88. The predicted molar refractivity (Wildman–Crippen MR) is 69.0 cm³/mol. The second-order valence-corrected chi connectivity index (χ2v) is 4.39. The minimum atomic E-state index is -0.378. The van der Waals surface area contributed by atoms with Crippen LogP contribution in [-0.4, -0.2) is 20.3 Å². The van der Waals surface area contributed by atoms with Crippen molar-refractivity contribution in [1.29, 1.82) is 0 Å². The summed E-state index contributed by atoms with van der Waals surface area (Å²) in [6.07, 6.45) is 1.94. The summed E-state index contributed by atoms with van der Waals surface area (Å²) in [5.41, 5.74) is 7.46. The van der Waals surface area contributed by atoms with E-state index in [1.54, 1.807) is 0 Å². The number of oxime groups is 1. The molecule has 16 heavy (non-hydrogen) atoms. The summed E-state index contributed by atoms with van der Waals surface area (Å²) in [4.78, 5) is 5.22. The molecule has 0 aromatic rings. The number of rotatable bonds is 6. The molecule has 0 spiro atoms. The van der Waals surface area contributed by atoms with Crippen LogP contribution in [0.15, 0.2) is 28.3 Å². The first-order valence-electron chi connectivity index (χ1n) is 5.29. The normalized spacial score (nSPS) is 12.2. The fourth-order valence-electron chi connectivity index (χ4n) is 1.49. The number of hydrogen-bond acceptors (Lipinski definition) is 4. The summed E-state index contributed by atoms with van der Waals surface area (Å²) in [5, 5.41) is 6.50. The second-order valence-electron chi connectivity index (χ2n) is 4.39. The van der Waals surface area contributed by atoms with Crippen LogP contribution in [0.1, 0.15) is 27.7 Å². The maximum absolute atomic E-state index is 6.05. The van der Waals surface area contributed by atoms with Gasteiger partial charge in [0.2, 0.25) is 0 Å². The molecule has 4 nitrogen and oxygen atoms in total. The smallest absolute Gasteiger partial charge is 0.145 e. The summed E-state index contributed by atoms with van der Waals surface area (Å²) in [6, 6.07) is 0. The maximum Gasteiger partial charge on any atom is 0.145 e. The van der Waals surface area contributed by atoms with Gasteiger partial charge in [-0.05, 0) is 40.3 Å². The molecule has 0 saturated carbocycles. The van der Waals surface area contributed by atoms with Crippen LogP contribution in [0.3, 0.4) is 0 Å². The Morgan fingerprint density at radius 1 is 1.50 bits per heavy atom. The third-order valence-electron chi connectivity index (χ3n) is 2.43. The zero-order chi connectivity index (χ0) is 12.8. The Morgan fingerprint density at radius 3 is 2.44 bits per heavy atom. The van der Waals surface area contributed by atoms with E-state index in [-0.39, 0.29) is 5.41 Å². The Bertz CT molecular complexity index is 299. The highest BCUT2D eigenvalue weighted by Crippen LogP contribution is 2.34. The molecule has 0 amide bonds. The molecule has 0 heterocycles. The Labute approximate surface area is 98.2 Å². The van der Waals surface area contributed by atoms with Crippen molar-refractivity contribution in [2.75, 3.05) is 13.6 Å². The Balaban J connectivity index is 5.14. The lowest BCUT2D eigenvalue weighted by molar-refractivity contribution is 0.166. The van der Waals surface area contributed by atoms with Crippen LogP contribution in [0.4, 0.5) is 0 Å². The summed E-state index contributed by atoms with van der Waals surface area (Å²) in [6.45, 7) is 12.0. The number of nitrogens with zero attached hydrogens (tertiary/aromatic N) is 1. The van der Waals surface area contributed by atoms with E-state index < -0.39 is 0 Å². The van der Waals surface area contributed by atoms with E-state index in [0.717, 1.165) is 23.6 Å². The average molecular weight is 225 g/mol. The van der Waals surface area contributed by atoms with E-state index in [0.29, 0.717) is 0 Å². The highest BCUT2D eigenvalue weighted by atomic mass is 16.6. The molecule has 3 N–H and O–H groups in total. The van der Waals surface area contributed by atoms with Gasteiger partial charge >= 0.3 is 0 Å². The number of hydrogen-bond donors (Lipinski definition) is 2. The molecular weight excluding hydrogens is 202 g/mol. The summed E-state index contributed by atoms with van der Waals surface area (Å²) >= 11 is 0. The Hall–Kier alpha value is -1.29. The second kappa shape index (κ2) is 6.33. The quantitative estimate of drug-likeness (QED) is 0.413. The van der Waals surface area contributed by atoms with E-state index in [1.807, 2.05) is 40.8 Å². The van der Waals surface area contributed by atoms with Gasteiger partial charge < -0.3 is 15.9 Å². The van der Waals surface area contributed by atoms with Gasteiger partial charge in [-0.2, -0.15) is 0 Å². The predicted octanol–water partition coefficient (Wildman–Crippen LogP) is 2.00. The van der Waals surface area contributed by atoms with Gasteiger partial charge in [0.15, 0.2) is 0 Å². The molecule has 92 valence electrons. The molecule has 0 aliphatic rings. The van der Waals surface area contributed by atoms with Crippen molar-refractivity contribution in [3.63, 3.8) is 0 Å². The summed E-state index contributed by atoms with van der Waals surface area (Å²) < 4.78 is 0. The number of likely N-dealkylation sites (N-methyl/N-ethyl adjacent to an activating group) is 1. The van der Waals surface area contributed by atoms with E-state index in [1.165, 1.54) is 0 Å². The van der Waals surface area contributed by atoms with Crippen molar-refractivity contribution in [1.82, 2.24) is 5.32 Å². The topological polar surface area (TPSA) is 59.6 Å². The van der Waals surface area contributed by atoms with Crippen molar-refractivity contribution in [3.05, 3.63) is 23.1 Å². The van der Waals surface area contributed by atoms with Gasteiger partial charge in [0, 0.05) is 19.0 Å². The molecule has 4 heteroatoms. The zero-order valence-electron chi connectivity index (χ0n) is 10.9. The molecule has 0 fully saturated rings. The van der Waals surface area contributed by atoms with Gasteiger partial charge in [-0.25, -0.2) is 0 Å². The van der Waals surface area contributed by atoms with Crippen molar-refractivity contribution in [2.24, 2.45) is 16.3 Å². The van der Waals surface area contributed by atoms with Crippen molar-refractivity contribution in [2.45, 2.75) is 27.7 Å². The highest BCUT2D eigenvalue weighted by molar-refractivity contribution is 5.26. The largest absolute Gasteiger partial charge is 0.401 e. The lowest BCUT2D eigenvalue weighted by atomic mass is 9.85. The van der Waals surface area contributed by atoms with E-state index in [9.17, 15) is 0 Å². The van der Waals surface area contributed by atoms with Crippen LogP contribution in [0.2, 0.25) is 0 Å².